The molecule has 2 N–H and O–H groups in total. The van der Waals surface area contributed by atoms with Crippen molar-refractivity contribution in [3.8, 4) is 11.5 Å². The molecule has 0 amide bonds. The maximum atomic E-state index is 6.22. The van der Waals surface area contributed by atoms with Crippen molar-refractivity contribution in [2.24, 2.45) is 10.7 Å². The summed E-state index contributed by atoms with van der Waals surface area (Å²) in [6.07, 6.45) is 0. The summed E-state index contributed by atoms with van der Waals surface area (Å²) in [5.74, 6) is 1.87. The molecule has 2 heterocycles. The maximum absolute atomic E-state index is 6.22. The summed E-state index contributed by atoms with van der Waals surface area (Å²) in [6.45, 7) is 1.72. The molecule has 18 heavy (non-hydrogen) atoms. The van der Waals surface area contributed by atoms with Gasteiger partial charge in [0.15, 0.2) is 17.5 Å². The smallest absolute Gasteiger partial charge is 0.191 e. The standard InChI is InChI=1S/C12H14ClN3O2/c1-16-9(6-15-12(16)14)7-4-8(13)11-10(5-7)17-2-3-18-11/h4-5,9H,2-3,6H2,1H3,(H2,14,15). The minimum atomic E-state index is 0.110. The Hall–Kier alpha value is -1.62. The molecular formula is C12H14ClN3O2. The van der Waals surface area contributed by atoms with Gasteiger partial charge in [0.25, 0.3) is 0 Å². The number of hydrogen-bond donors (Lipinski definition) is 1. The maximum Gasteiger partial charge on any atom is 0.191 e. The minimum absolute atomic E-state index is 0.110. The number of halogens is 1. The van der Waals surface area contributed by atoms with Crippen LogP contribution in [0.5, 0.6) is 11.5 Å². The molecule has 96 valence electrons. The summed E-state index contributed by atoms with van der Waals surface area (Å²) in [5, 5.41) is 0.570. The quantitative estimate of drug-likeness (QED) is 0.836. The zero-order chi connectivity index (χ0) is 12.7. The van der Waals surface area contributed by atoms with Crippen molar-refractivity contribution in [1.82, 2.24) is 4.90 Å². The minimum Gasteiger partial charge on any atom is -0.486 e. The average Bonchev–Trinajstić information content (AvgIpc) is 2.70. The van der Waals surface area contributed by atoms with E-state index in [4.69, 9.17) is 26.8 Å². The van der Waals surface area contributed by atoms with Crippen LogP contribution < -0.4 is 15.2 Å². The van der Waals surface area contributed by atoms with Crippen LogP contribution in [0.2, 0.25) is 5.02 Å². The fourth-order valence-electron chi connectivity index (χ4n) is 2.23. The fourth-order valence-corrected chi connectivity index (χ4v) is 2.50. The Morgan fingerprint density at radius 2 is 2.17 bits per heavy atom. The van der Waals surface area contributed by atoms with Crippen LogP contribution in [0.15, 0.2) is 17.1 Å². The van der Waals surface area contributed by atoms with Crippen LogP contribution in [0.3, 0.4) is 0 Å². The number of guanidine groups is 1. The molecular weight excluding hydrogens is 254 g/mol. The second-order valence-electron chi connectivity index (χ2n) is 4.35. The Bertz CT molecular complexity index is 518. The number of fused-ring (bicyclic) bond motifs is 1. The van der Waals surface area contributed by atoms with E-state index in [1.165, 1.54) is 0 Å². The lowest BCUT2D eigenvalue weighted by Crippen LogP contribution is -2.32. The molecule has 0 saturated heterocycles. The molecule has 0 aromatic heterocycles. The van der Waals surface area contributed by atoms with Crippen LogP contribution in [-0.4, -0.2) is 37.7 Å². The molecule has 1 aromatic rings. The number of rotatable bonds is 1. The predicted octanol–water partition coefficient (Wildman–Crippen LogP) is 1.41. The fraction of sp³-hybridized carbons (Fsp3) is 0.417. The summed E-state index contributed by atoms with van der Waals surface area (Å²) in [6, 6.07) is 3.96. The van der Waals surface area contributed by atoms with Gasteiger partial charge in [-0.2, -0.15) is 0 Å². The first-order valence-corrected chi connectivity index (χ1v) is 6.16. The van der Waals surface area contributed by atoms with Crippen LogP contribution in [-0.2, 0) is 0 Å². The second-order valence-corrected chi connectivity index (χ2v) is 4.76. The van der Waals surface area contributed by atoms with E-state index in [1.54, 1.807) is 0 Å². The van der Waals surface area contributed by atoms with E-state index < -0.39 is 0 Å². The predicted molar refractivity (Wildman–Crippen MR) is 69.4 cm³/mol. The summed E-state index contributed by atoms with van der Waals surface area (Å²) in [7, 11) is 1.92. The van der Waals surface area contributed by atoms with Gasteiger partial charge in [0.05, 0.1) is 17.6 Å². The number of nitrogens with zero attached hydrogens (tertiary/aromatic N) is 2. The van der Waals surface area contributed by atoms with Gasteiger partial charge in [-0.1, -0.05) is 11.6 Å². The molecule has 3 rings (SSSR count). The van der Waals surface area contributed by atoms with E-state index >= 15 is 0 Å². The van der Waals surface area contributed by atoms with E-state index in [0.717, 1.165) is 5.56 Å². The Balaban J connectivity index is 1.97. The molecule has 0 spiro atoms. The molecule has 6 heteroatoms. The van der Waals surface area contributed by atoms with Gasteiger partial charge in [-0.25, -0.2) is 0 Å². The average molecular weight is 268 g/mol. The van der Waals surface area contributed by atoms with E-state index in [-0.39, 0.29) is 6.04 Å². The van der Waals surface area contributed by atoms with Gasteiger partial charge in [-0.05, 0) is 17.7 Å². The highest BCUT2D eigenvalue weighted by Crippen LogP contribution is 2.40. The van der Waals surface area contributed by atoms with Crippen molar-refractivity contribution >= 4 is 17.6 Å². The number of nitrogens with two attached hydrogens (primary N) is 1. The topological polar surface area (TPSA) is 60.1 Å². The first-order valence-electron chi connectivity index (χ1n) is 5.78. The lowest BCUT2D eigenvalue weighted by atomic mass is 10.1. The van der Waals surface area contributed by atoms with Crippen LogP contribution in [0.25, 0.3) is 0 Å². The molecule has 0 radical (unpaired) electrons. The van der Waals surface area contributed by atoms with Gasteiger partial charge in [-0.15, -0.1) is 0 Å². The van der Waals surface area contributed by atoms with Crippen LogP contribution in [0.4, 0.5) is 0 Å². The second kappa shape index (κ2) is 4.24. The number of hydrogen-bond acceptors (Lipinski definition) is 5. The lowest BCUT2D eigenvalue weighted by Gasteiger charge is -2.25. The Labute approximate surface area is 110 Å². The van der Waals surface area contributed by atoms with Gasteiger partial charge in [-0.3, -0.25) is 4.99 Å². The zero-order valence-corrected chi connectivity index (χ0v) is 10.8. The molecule has 2 aliphatic rings. The van der Waals surface area contributed by atoms with E-state index in [0.29, 0.717) is 42.2 Å². The van der Waals surface area contributed by atoms with Crippen LogP contribution in [0, 0.1) is 0 Å². The number of likely N-dealkylation sites (N-methyl/N-ethyl adjacent to an activating group) is 1. The molecule has 2 aliphatic heterocycles. The third kappa shape index (κ3) is 1.75. The molecule has 0 bridgehead atoms. The number of aliphatic imine (C=N–C) groups is 1. The van der Waals surface area contributed by atoms with Crippen molar-refractivity contribution in [2.75, 3.05) is 26.8 Å². The van der Waals surface area contributed by atoms with E-state index in [9.17, 15) is 0 Å². The van der Waals surface area contributed by atoms with Gasteiger partial charge >= 0.3 is 0 Å². The summed E-state index contributed by atoms with van der Waals surface area (Å²) in [5.41, 5.74) is 6.81. The third-order valence-electron chi connectivity index (χ3n) is 3.26. The molecule has 0 fully saturated rings. The van der Waals surface area contributed by atoms with Gasteiger partial charge in [0.2, 0.25) is 0 Å². The molecule has 0 saturated carbocycles. The summed E-state index contributed by atoms with van der Waals surface area (Å²) in [4.78, 5) is 6.15. The number of benzene rings is 1. The monoisotopic (exact) mass is 267 g/mol. The normalized spacial score (nSPS) is 22.0. The molecule has 1 atom stereocenters. The Morgan fingerprint density at radius 3 is 2.89 bits per heavy atom. The highest BCUT2D eigenvalue weighted by molar-refractivity contribution is 6.32. The van der Waals surface area contributed by atoms with Crippen LogP contribution in [0.1, 0.15) is 11.6 Å². The Kier molecular flexibility index (Phi) is 2.70. The third-order valence-corrected chi connectivity index (χ3v) is 3.54. The highest BCUT2D eigenvalue weighted by Gasteiger charge is 2.27. The van der Waals surface area contributed by atoms with Crippen molar-refractivity contribution in [3.05, 3.63) is 22.7 Å². The molecule has 0 aliphatic carbocycles. The SMILES string of the molecule is CN1C(N)=NCC1c1cc(Cl)c2c(c1)OCCO2. The highest BCUT2D eigenvalue weighted by atomic mass is 35.5. The molecule has 1 unspecified atom stereocenters. The first-order chi connectivity index (χ1) is 8.66. The molecule has 1 aromatic carbocycles. The lowest BCUT2D eigenvalue weighted by molar-refractivity contribution is 0.171. The van der Waals surface area contributed by atoms with Crippen molar-refractivity contribution < 1.29 is 9.47 Å². The van der Waals surface area contributed by atoms with Crippen LogP contribution >= 0.6 is 11.6 Å². The number of ether oxygens (including phenoxy) is 2. The van der Waals surface area contributed by atoms with Crippen molar-refractivity contribution in [1.29, 1.82) is 0 Å². The van der Waals surface area contributed by atoms with Gasteiger partial charge in [0.1, 0.15) is 13.2 Å². The van der Waals surface area contributed by atoms with Crippen molar-refractivity contribution in [2.45, 2.75) is 6.04 Å². The van der Waals surface area contributed by atoms with E-state index in [2.05, 4.69) is 4.99 Å². The summed E-state index contributed by atoms with van der Waals surface area (Å²) >= 11 is 6.22. The largest absolute Gasteiger partial charge is 0.486 e. The van der Waals surface area contributed by atoms with Gasteiger partial charge < -0.3 is 20.1 Å². The van der Waals surface area contributed by atoms with E-state index in [1.807, 2.05) is 24.1 Å². The van der Waals surface area contributed by atoms with Gasteiger partial charge in [0, 0.05) is 7.05 Å². The first kappa shape index (κ1) is 11.5. The molecule has 5 nitrogen and oxygen atoms in total. The Morgan fingerprint density at radius 1 is 1.39 bits per heavy atom. The zero-order valence-electron chi connectivity index (χ0n) is 10.0. The summed E-state index contributed by atoms with van der Waals surface area (Å²) < 4.78 is 11.1. The van der Waals surface area contributed by atoms with Crippen molar-refractivity contribution in [3.63, 3.8) is 0 Å².